The molecule has 0 aliphatic rings. The molecule has 1 heterocycles. The zero-order valence-corrected chi connectivity index (χ0v) is 9.09. The van der Waals surface area contributed by atoms with Crippen LogP contribution in [0.25, 0.3) is 0 Å². The average molecular weight is 219 g/mol. The number of H-pyrrole nitrogens is 1. The van der Waals surface area contributed by atoms with Crippen molar-refractivity contribution in [2.24, 2.45) is 0 Å². The first kappa shape index (κ1) is 11.2. The van der Waals surface area contributed by atoms with Crippen molar-refractivity contribution >= 4 is 10.0 Å². The lowest BCUT2D eigenvalue weighted by Crippen LogP contribution is -2.23. The molecule has 1 aromatic rings. The van der Waals surface area contributed by atoms with Gasteiger partial charge in [0.05, 0.1) is 12.3 Å². The van der Waals surface area contributed by atoms with Crippen LogP contribution in [-0.4, -0.2) is 42.1 Å². The Kier molecular flexibility index (Phi) is 2.93. The summed E-state index contributed by atoms with van der Waals surface area (Å²) < 4.78 is 24.6. The van der Waals surface area contributed by atoms with Crippen LogP contribution in [0.1, 0.15) is 11.4 Å². The maximum atomic E-state index is 11.7. The van der Waals surface area contributed by atoms with Crippen molar-refractivity contribution in [1.82, 2.24) is 14.5 Å². The van der Waals surface area contributed by atoms with Gasteiger partial charge in [0.25, 0.3) is 0 Å². The number of hydrogen-bond acceptors (Lipinski definition) is 4. The van der Waals surface area contributed by atoms with Crippen LogP contribution in [0.2, 0.25) is 0 Å². The highest BCUT2D eigenvalue weighted by molar-refractivity contribution is 7.89. The summed E-state index contributed by atoms with van der Waals surface area (Å²) in [4.78, 5) is 0.0602. The van der Waals surface area contributed by atoms with Crippen LogP contribution in [0, 0.1) is 6.92 Å². The molecule has 0 saturated heterocycles. The van der Waals surface area contributed by atoms with Gasteiger partial charge in [-0.3, -0.25) is 5.10 Å². The lowest BCUT2D eigenvalue weighted by atomic mass is 10.4. The monoisotopic (exact) mass is 219 g/mol. The molecule has 14 heavy (non-hydrogen) atoms. The second-order valence-corrected chi connectivity index (χ2v) is 5.16. The van der Waals surface area contributed by atoms with Crippen LogP contribution in [-0.2, 0) is 16.6 Å². The number of hydrogen-bond donors (Lipinski definition) is 2. The van der Waals surface area contributed by atoms with Crippen molar-refractivity contribution in [1.29, 1.82) is 0 Å². The van der Waals surface area contributed by atoms with Gasteiger partial charge in [-0.2, -0.15) is 5.10 Å². The van der Waals surface area contributed by atoms with Gasteiger partial charge in [-0.25, -0.2) is 12.7 Å². The second kappa shape index (κ2) is 3.68. The van der Waals surface area contributed by atoms with Gasteiger partial charge < -0.3 is 5.11 Å². The van der Waals surface area contributed by atoms with Crippen LogP contribution in [0.4, 0.5) is 0 Å². The average Bonchev–Trinajstić information content (AvgIpc) is 2.46. The number of nitrogens with zero attached hydrogens (tertiary/aromatic N) is 2. The van der Waals surface area contributed by atoms with Crippen molar-refractivity contribution in [2.75, 3.05) is 14.1 Å². The van der Waals surface area contributed by atoms with Crippen LogP contribution < -0.4 is 0 Å². The summed E-state index contributed by atoms with van der Waals surface area (Å²) in [5.41, 5.74) is 0.582. The number of aliphatic hydroxyl groups excluding tert-OH is 1. The molecule has 80 valence electrons. The molecule has 0 aliphatic heterocycles. The van der Waals surface area contributed by atoms with E-state index in [1.54, 1.807) is 6.92 Å². The van der Waals surface area contributed by atoms with Crippen LogP contribution in [0.5, 0.6) is 0 Å². The minimum Gasteiger partial charge on any atom is -0.390 e. The van der Waals surface area contributed by atoms with Crippen molar-refractivity contribution in [2.45, 2.75) is 18.4 Å². The molecule has 0 bridgehead atoms. The molecule has 0 spiro atoms. The van der Waals surface area contributed by atoms with Gasteiger partial charge in [-0.15, -0.1) is 0 Å². The minimum absolute atomic E-state index is 0.0602. The first-order valence-corrected chi connectivity index (χ1v) is 5.42. The predicted molar refractivity (Wildman–Crippen MR) is 50.1 cm³/mol. The lowest BCUT2D eigenvalue weighted by molar-refractivity contribution is 0.273. The number of aromatic nitrogens is 2. The molecule has 7 heteroatoms. The topological polar surface area (TPSA) is 86.3 Å². The molecule has 1 rings (SSSR count). The summed E-state index contributed by atoms with van der Waals surface area (Å²) in [7, 11) is -0.660. The Morgan fingerprint density at radius 2 is 2.07 bits per heavy atom. The maximum absolute atomic E-state index is 11.7. The zero-order chi connectivity index (χ0) is 10.9. The molecule has 2 N–H and O–H groups in total. The largest absolute Gasteiger partial charge is 0.390 e. The highest BCUT2D eigenvalue weighted by Gasteiger charge is 2.25. The lowest BCUT2D eigenvalue weighted by Gasteiger charge is -2.11. The van der Waals surface area contributed by atoms with E-state index in [0.29, 0.717) is 5.69 Å². The van der Waals surface area contributed by atoms with Crippen molar-refractivity contribution in [3.05, 3.63) is 11.4 Å². The summed E-state index contributed by atoms with van der Waals surface area (Å²) in [5.74, 6) is 0. The van der Waals surface area contributed by atoms with E-state index in [0.717, 1.165) is 4.31 Å². The Morgan fingerprint density at radius 3 is 2.50 bits per heavy atom. The first-order valence-electron chi connectivity index (χ1n) is 3.98. The highest BCUT2D eigenvalue weighted by Crippen LogP contribution is 2.19. The van der Waals surface area contributed by atoms with Gasteiger partial charge in [0.15, 0.2) is 0 Å². The normalized spacial score (nSPS) is 12.4. The van der Waals surface area contributed by atoms with E-state index in [1.165, 1.54) is 14.1 Å². The molecule has 1 aromatic heterocycles. The second-order valence-electron chi connectivity index (χ2n) is 3.07. The van der Waals surface area contributed by atoms with E-state index in [9.17, 15) is 8.42 Å². The van der Waals surface area contributed by atoms with Crippen molar-refractivity contribution in [3.63, 3.8) is 0 Å². The van der Waals surface area contributed by atoms with E-state index >= 15 is 0 Å². The molecule has 0 aliphatic carbocycles. The smallest absolute Gasteiger partial charge is 0.246 e. The van der Waals surface area contributed by atoms with E-state index in [-0.39, 0.29) is 10.6 Å². The molecule has 0 unspecified atom stereocenters. The number of rotatable bonds is 3. The SMILES string of the molecule is Cc1[nH]nc(CO)c1S(=O)(=O)N(C)C. The summed E-state index contributed by atoms with van der Waals surface area (Å²) in [6.45, 7) is 1.20. The van der Waals surface area contributed by atoms with Crippen molar-refractivity contribution in [3.8, 4) is 0 Å². The van der Waals surface area contributed by atoms with Crippen LogP contribution in [0.3, 0.4) is 0 Å². The Labute approximate surface area is 82.6 Å². The third kappa shape index (κ3) is 1.66. The predicted octanol–water partition coefficient (Wildman–Crippen LogP) is -0.539. The van der Waals surface area contributed by atoms with E-state index in [4.69, 9.17) is 5.11 Å². The Bertz CT molecular complexity index is 421. The van der Waals surface area contributed by atoms with Gasteiger partial charge in [-0.1, -0.05) is 0 Å². The number of aliphatic hydroxyl groups is 1. The standard InChI is InChI=1S/C7H13N3O3S/c1-5-7(6(4-11)9-8-5)14(12,13)10(2)3/h11H,4H2,1-3H3,(H,8,9). The summed E-state index contributed by atoms with van der Waals surface area (Å²) >= 11 is 0. The zero-order valence-electron chi connectivity index (χ0n) is 8.27. The summed E-state index contributed by atoms with van der Waals surface area (Å²) in [5, 5.41) is 15.1. The molecule has 0 saturated carbocycles. The van der Waals surface area contributed by atoms with Crippen LogP contribution >= 0.6 is 0 Å². The molecule has 6 nitrogen and oxygen atoms in total. The van der Waals surface area contributed by atoms with Gasteiger partial charge in [0.1, 0.15) is 10.6 Å². The first-order chi connectivity index (χ1) is 6.41. The molecule has 0 atom stereocenters. The van der Waals surface area contributed by atoms with Crippen molar-refractivity contribution < 1.29 is 13.5 Å². The fourth-order valence-electron chi connectivity index (χ4n) is 1.10. The van der Waals surface area contributed by atoms with E-state index < -0.39 is 16.6 Å². The van der Waals surface area contributed by atoms with E-state index in [1.807, 2.05) is 0 Å². The quantitative estimate of drug-likeness (QED) is 0.715. The fourth-order valence-corrected chi connectivity index (χ4v) is 2.31. The molecular formula is C7H13N3O3S. The minimum atomic E-state index is -3.53. The summed E-state index contributed by atoms with van der Waals surface area (Å²) in [6, 6.07) is 0. The fraction of sp³-hybridized carbons (Fsp3) is 0.571. The maximum Gasteiger partial charge on any atom is 0.246 e. The van der Waals surface area contributed by atoms with Gasteiger partial charge in [0, 0.05) is 14.1 Å². The van der Waals surface area contributed by atoms with Gasteiger partial charge in [0.2, 0.25) is 10.0 Å². The molecule has 0 fully saturated rings. The van der Waals surface area contributed by atoms with Crippen LogP contribution in [0.15, 0.2) is 4.90 Å². The highest BCUT2D eigenvalue weighted by atomic mass is 32.2. The van der Waals surface area contributed by atoms with Gasteiger partial charge >= 0.3 is 0 Å². The Balaban J connectivity index is 3.38. The molecule has 0 amide bonds. The molecule has 0 radical (unpaired) electrons. The Hall–Kier alpha value is -0.920. The molecule has 0 aromatic carbocycles. The van der Waals surface area contributed by atoms with E-state index in [2.05, 4.69) is 10.2 Å². The number of aryl methyl sites for hydroxylation is 1. The van der Waals surface area contributed by atoms with Gasteiger partial charge in [-0.05, 0) is 6.92 Å². The Morgan fingerprint density at radius 1 is 1.50 bits per heavy atom. The number of sulfonamides is 1. The number of aromatic amines is 1. The molecular weight excluding hydrogens is 206 g/mol. The third-order valence-electron chi connectivity index (χ3n) is 1.85. The third-order valence-corrected chi connectivity index (χ3v) is 3.87. The number of nitrogens with one attached hydrogen (secondary N) is 1. The summed E-state index contributed by atoms with van der Waals surface area (Å²) in [6.07, 6.45) is 0.